The second-order valence-electron chi connectivity index (χ2n) is 11.2. The highest BCUT2D eigenvalue weighted by Gasteiger charge is 2.51. The first-order valence-electron chi connectivity index (χ1n) is 14.6. The molecule has 8 rings (SSSR count). The molecule has 0 N–H and O–H groups in total. The largest absolute Gasteiger partial charge is 0.456 e. The number of para-hydroxylation sites is 2. The molecular weight excluding hydrogens is 637 g/mol. The van der Waals surface area contributed by atoms with Crippen molar-refractivity contribution in [2.24, 2.45) is 4.99 Å². The average Bonchev–Trinajstić information content (AvgIpc) is 3.36. The van der Waals surface area contributed by atoms with Gasteiger partial charge in [-0.2, -0.15) is 0 Å². The Bertz CT molecular complexity index is 2000. The number of rotatable bonds is 4. The van der Waals surface area contributed by atoms with Gasteiger partial charge in [-0.1, -0.05) is 156 Å². The molecule has 1 unspecified atom stereocenters. The van der Waals surface area contributed by atoms with Gasteiger partial charge in [0.2, 0.25) is 0 Å². The fraction of sp³-hybridized carbons (Fsp3) is 0.0750. The van der Waals surface area contributed by atoms with Gasteiger partial charge in [-0.3, -0.25) is 4.99 Å². The molecule has 1 atom stereocenters. The smallest absolute Gasteiger partial charge is 0.140 e. The highest BCUT2D eigenvalue weighted by Crippen LogP contribution is 2.63. The highest BCUT2D eigenvalue weighted by atomic mass is 127. The molecule has 6 aromatic carbocycles. The summed E-state index contributed by atoms with van der Waals surface area (Å²) in [5.74, 6) is 1.82. The number of alkyl halides is 1. The van der Waals surface area contributed by atoms with Crippen molar-refractivity contribution in [1.82, 2.24) is 0 Å². The maximum Gasteiger partial charge on any atom is 0.140 e. The van der Waals surface area contributed by atoms with Crippen LogP contribution < -0.4 is 4.74 Å². The number of benzene rings is 6. The molecule has 0 radical (unpaired) electrons. The minimum atomic E-state index is -0.464. The third-order valence-corrected chi connectivity index (χ3v) is 9.84. The van der Waals surface area contributed by atoms with Crippen LogP contribution in [0.3, 0.4) is 0 Å². The van der Waals surface area contributed by atoms with E-state index < -0.39 is 5.41 Å². The number of ether oxygens (including phenoxy) is 1. The molecule has 2 nitrogen and oxygen atoms in total. The van der Waals surface area contributed by atoms with Crippen LogP contribution in [0.25, 0.3) is 22.3 Å². The molecule has 3 heteroatoms. The molecule has 43 heavy (non-hydrogen) atoms. The number of hydrogen-bond acceptors (Lipinski definition) is 2. The van der Waals surface area contributed by atoms with E-state index in [1.807, 2.05) is 6.07 Å². The van der Waals surface area contributed by atoms with Gasteiger partial charge in [0.1, 0.15) is 15.5 Å². The Kier molecular flexibility index (Phi) is 6.30. The number of hydrogen-bond donors (Lipinski definition) is 0. The van der Waals surface area contributed by atoms with E-state index in [1.54, 1.807) is 0 Å². The SMILES string of the molecule is C/C(=N\C(I)c1cccc(-c2cccc3c2Oc2ccccc2C32c3ccccc3-c3ccccc32)c1)c1ccccc1. The molecule has 1 aliphatic heterocycles. The fourth-order valence-electron chi connectivity index (χ4n) is 6.96. The maximum atomic E-state index is 6.87. The summed E-state index contributed by atoms with van der Waals surface area (Å²) in [6.45, 7) is 2.08. The van der Waals surface area contributed by atoms with Gasteiger partial charge in [-0.15, -0.1) is 0 Å². The molecule has 6 aromatic rings. The summed E-state index contributed by atoms with van der Waals surface area (Å²) in [6.07, 6.45) is 0. The van der Waals surface area contributed by atoms with Gasteiger partial charge < -0.3 is 4.74 Å². The first-order valence-corrected chi connectivity index (χ1v) is 15.9. The van der Waals surface area contributed by atoms with Crippen LogP contribution in [-0.2, 0) is 5.41 Å². The van der Waals surface area contributed by atoms with E-state index in [0.717, 1.165) is 39.5 Å². The lowest BCUT2D eigenvalue weighted by molar-refractivity contribution is 0.438. The number of fused-ring (bicyclic) bond motifs is 9. The van der Waals surface area contributed by atoms with E-state index in [9.17, 15) is 0 Å². The van der Waals surface area contributed by atoms with E-state index in [-0.39, 0.29) is 4.05 Å². The molecule has 0 amide bonds. The van der Waals surface area contributed by atoms with E-state index in [4.69, 9.17) is 9.73 Å². The van der Waals surface area contributed by atoms with Crippen molar-refractivity contribution in [2.75, 3.05) is 0 Å². The molecule has 1 heterocycles. The van der Waals surface area contributed by atoms with Crippen molar-refractivity contribution in [3.05, 3.63) is 179 Å². The quantitative estimate of drug-likeness (QED) is 0.0794. The van der Waals surface area contributed by atoms with Crippen LogP contribution in [0.15, 0.2) is 151 Å². The second-order valence-corrected chi connectivity index (χ2v) is 12.3. The van der Waals surface area contributed by atoms with Crippen molar-refractivity contribution in [2.45, 2.75) is 16.4 Å². The van der Waals surface area contributed by atoms with Crippen molar-refractivity contribution in [1.29, 1.82) is 0 Å². The fourth-order valence-corrected chi connectivity index (χ4v) is 7.76. The highest BCUT2D eigenvalue weighted by molar-refractivity contribution is 14.1. The molecule has 1 spiro atoms. The molecule has 1 aliphatic carbocycles. The zero-order valence-corrected chi connectivity index (χ0v) is 25.8. The van der Waals surface area contributed by atoms with E-state index in [0.29, 0.717) is 0 Å². The summed E-state index contributed by atoms with van der Waals surface area (Å²) in [7, 11) is 0. The lowest BCUT2D eigenvalue weighted by Gasteiger charge is -2.40. The Morgan fingerprint density at radius 2 is 1.19 bits per heavy atom. The van der Waals surface area contributed by atoms with Crippen LogP contribution in [0.4, 0.5) is 0 Å². The Labute approximate surface area is 265 Å². The van der Waals surface area contributed by atoms with Crippen LogP contribution >= 0.6 is 22.6 Å². The van der Waals surface area contributed by atoms with Gasteiger partial charge in [0.15, 0.2) is 0 Å². The Morgan fingerprint density at radius 1 is 0.605 bits per heavy atom. The van der Waals surface area contributed by atoms with E-state index >= 15 is 0 Å². The molecule has 0 bridgehead atoms. The lowest BCUT2D eigenvalue weighted by atomic mass is 9.65. The van der Waals surface area contributed by atoms with Crippen LogP contribution in [0.5, 0.6) is 11.5 Å². The van der Waals surface area contributed by atoms with E-state index in [2.05, 4.69) is 169 Å². The number of aliphatic imine (C=N–C) groups is 1. The summed E-state index contributed by atoms with van der Waals surface area (Å²) in [5.41, 5.74) is 12.6. The minimum Gasteiger partial charge on any atom is -0.456 e. The molecule has 0 aromatic heterocycles. The summed E-state index contributed by atoms with van der Waals surface area (Å²) in [6, 6.07) is 52.0. The third kappa shape index (κ3) is 4.02. The first-order chi connectivity index (χ1) is 21.2. The van der Waals surface area contributed by atoms with Crippen LogP contribution in [0, 0.1) is 0 Å². The first kappa shape index (κ1) is 26.2. The summed E-state index contributed by atoms with van der Waals surface area (Å²) < 4.78 is 6.86. The molecule has 0 saturated carbocycles. The number of nitrogens with zero attached hydrogens (tertiary/aromatic N) is 1. The standard InChI is InChI=1S/C40H28INO/c1-26(27-13-3-2-4-14-27)42-39(41)29-16-11-15-28(25-29)30-19-12-23-36-38(30)43-37-24-10-9-22-35(37)40(36)33-20-7-5-17-31(33)32-18-6-8-21-34(32)40/h2-25,39H,1H3/b42-26+. The van der Waals surface area contributed by atoms with Gasteiger partial charge >= 0.3 is 0 Å². The lowest BCUT2D eigenvalue weighted by Crippen LogP contribution is -2.32. The molecular formula is C40H28INO. The number of halogens is 1. The Balaban J connectivity index is 1.32. The molecule has 2 aliphatic rings. The van der Waals surface area contributed by atoms with Crippen molar-refractivity contribution < 1.29 is 4.74 Å². The zero-order valence-electron chi connectivity index (χ0n) is 23.7. The van der Waals surface area contributed by atoms with Gasteiger partial charge in [0.25, 0.3) is 0 Å². The monoisotopic (exact) mass is 665 g/mol. The molecule has 206 valence electrons. The second kappa shape index (κ2) is 10.4. The summed E-state index contributed by atoms with van der Waals surface area (Å²) in [4.78, 5) is 5.05. The van der Waals surface area contributed by atoms with Gasteiger partial charge in [-0.05, 0) is 58.0 Å². The average molecular weight is 666 g/mol. The van der Waals surface area contributed by atoms with Gasteiger partial charge in [0, 0.05) is 22.4 Å². The summed E-state index contributed by atoms with van der Waals surface area (Å²) >= 11 is 2.44. The predicted octanol–water partition coefficient (Wildman–Crippen LogP) is 10.8. The van der Waals surface area contributed by atoms with Crippen molar-refractivity contribution in [3.8, 4) is 33.8 Å². The van der Waals surface area contributed by atoms with Crippen LogP contribution in [-0.4, -0.2) is 5.71 Å². The van der Waals surface area contributed by atoms with Crippen molar-refractivity contribution in [3.63, 3.8) is 0 Å². The Hall–Kier alpha value is -4.48. The maximum absolute atomic E-state index is 6.87. The normalized spacial score (nSPS) is 14.7. The van der Waals surface area contributed by atoms with Crippen LogP contribution in [0.2, 0.25) is 0 Å². The van der Waals surface area contributed by atoms with E-state index in [1.165, 1.54) is 33.4 Å². The van der Waals surface area contributed by atoms with Gasteiger partial charge in [-0.25, -0.2) is 0 Å². The minimum absolute atomic E-state index is 0.0149. The summed E-state index contributed by atoms with van der Waals surface area (Å²) in [5, 5.41) is 0. The van der Waals surface area contributed by atoms with Gasteiger partial charge in [0.05, 0.1) is 5.41 Å². The zero-order chi connectivity index (χ0) is 29.0. The predicted molar refractivity (Wildman–Crippen MR) is 185 cm³/mol. The van der Waals surface area contributed by atoms with Crippen molar-refractivity contribution >= 4 is 28.3 Å². The molecule has 0 fully saturated rings. The van der Waals surface area contributed by atoms with Crippen LogP contribution in [0.1, 0.15) is 44.4 Å². The Morgan fingerprint density at radius 3 is 1.93 bits per heavy atom. The molecule has 0 saturated heterocycles. The topological polar surface area (TPSA) is 21.6 Å². The third-order valence-electron chi connectivity index (χ3n) is 8.85.